The molecule has 0 aliphatic carbocycles. The fourth-order valence-electron chi connectivity index (χ4n) is 1.33. The first-order valence-electron chi connectivity index (χ1n) is 5.31. The van der Waals surface area contributed by atoms with E-state index in [2.05, 4.69) is 5.32 Å². The maximum atomic E-state index is 11.6. The molecule has 0 unspecified atom stereocenters. The van der Waals surface area contributed by atoms with Crippen LogP contribution in [0.3, 0.4) is 0 Å². The van der Waals surface area contributed by atoms with E-state index in [-0.39, 0.29) is 5.91 Å². The molecule has 2 amide bonds. The maximum Gasteiger partial charge on any atom is 0.251 e. The number of carbonyl (C=O) groups excluding carboxylic acids is 2. The van der Waals surface area contributed by atoms with Gasteiger partial charge in [0, 0.05) is 19.6 Å². The summed E-state index contributed by atoms with van der Waals surface area (Å²) >= 11 is 0. The molecule has 0 aliphatic rings. The van der Waals surface area contributed by atoms with Crippen LogP contribution in [0, 0.1) is 0 Å². The van der Waals surface area contributed by atoms with Crippen molar-refractivity contribution in [1.29, 1.82) is 0 Å². The number of amides is 2. The van der Waals surface area contributed by atoms with Crippen molar-refractivity contribution < 1.29 is 14.7 Å². The van der Waals surface area contributed by atoms with Crippen LogP contribution in [0.25, 0.3) is 0 Å². The summed E-state index contributed by atoms with van der Waals surface area (Å²) < 4.78 is 0. The van der Waals surface area contributed by atoms with Gasteiger partial charge in [-0.3, -0.25) is 9.59 Å². The maximum absolute atomic E-state index is 11.6. The lowest BCUT2D eigenvalue weighted by Crippen LogP contribution is -2.39. The highest BCUT2D eigenvalue weighted by Gasteiger charge is 2.18. The summed E-state index contributed by atoms with van der Waals surface area (Å²) in [5.74, 6) is -0.230. The molecular formula is C10H20N2O3. The minimum absolute atomic E-state index is 0.230. The molecule has 0 aliphatic heterocycles. The monoisotopic (exact) mass is 216 g/mol. The molecule has 0 aromatic rings. The van der Waals surface area contributed by atoms with Crippen molar-refractivity contribution in [3.05, 3.63) is 0 Å². The first kappa shape index (κ1) is 13.9. The van der Waals surface area contributed by atoms with E-state index in [9.17, 15) is 14.7 Å². The molecule has 0 spiro atoms. The van der Waals surface area contributed by atoms with Crippen molar-refractivity contribution in [3.63, 3.8) is 0 Å². The smallest absolute Gasteiger partial charge is 0.251 e. The minimum atomic E-state index is -0.946. The van der Waals surface area contributed by atoms with Crippen molar-refractivity contribution in [2.24, 2.45) is 0 Å². The Labute approximate surface area is 90.5 Å². The van der Waals surface area contributed by atoms with Crippen molar-refractivity contribution >= 4 is 12.3 Å². The standard InChI is InChI=1S/C10H20N2O3/c1-3-12(4-2)10(15)9(14)6-5-7-11-8-13/h8-9,14H,3-7H2,1-2H3,(H,11,13)/t9-/m0/s1. The fraction of sp³-hybridized carbons (Fsp3) is 0.800. The van der Waals surface area contributed by atoms with Crippen molar-refractivity contribution in [3.8, 4) is 0 Å². The Balaban J connectivity index is 3.81. The third kappa shape index (κ3) is 5.37. The molecule has 0 rings (SSSR count). The van der Waals surface area contributed by atoms with E-state index < -0.39 is 6.10 Å². The van der Waals surface area contributed by atoms with Gasteiger partial charge in [-0.05, 0) is 26.7 Å². The summed E-state index contributed by atoms with van der Waals surface area (Å²) in [5, 5.41) is 12.0. The van der Waals surface area contributed by atoms with Gasteiger partial charge in [-0.25, -0.2) is 0 Å². The number of aliphatic hydroxyl groups excluding tert-OH is 1. The lowest BCUT2D eigenvalue weighted by Gasteiger charge is -2.21. The van der Waals surface area contributed by atoms with Crippen LogP contribution >= 0.6 is 0 Å². The SMILES string of the molecule is CCN(CC)C(=O)[C@@H](O)CCCNC=O. The summed E-state index contributed by atoms with van der Waals surface area (Å²) in [5.41, 5.74) is 0. The van der Waals surface area contributed by atoms with Crippen molar-refractivity contribution in [2.75, 3.05) is 19.6 Å². The molecule has 2 N–H and O–H groups in total. The van der Waals surface area contributed by atoms with E-state index in [1.165, 1.54) is 0 Å². The van der Waals surface area contributed by atoms with Crippen LogP contribution in [-0.2, 0) is 9.59 Å². The molecule has 15 heavy (non-hydrogen) atoms. The van der Waals surface area contributed by atoms with Crippen LogP contribution in [0.2, 0.25) is 0 Å². The molecule has 0 bridgehead atoms. The van der Waals surface area contributed by atoms with Crippen LogP contribution < -0.4 is 5.32 Å². The van der Waals surface area contributed by atoms with Gasteiger partial charge in [-0.2, -0.15) is 0 Å². The van der Waals surface area contributed by atoms with E-state index in [1.54, 1.807) is 4.90 Å². The van der Waals surface area contributed by atoms with Gasteiger partial charge in [0.15, 0.2) is 0 Å². The molecule has 0 aromatic heterocycles. The largest absolute Gasteiger partial charge is 0.383 e. The topological polar surface area (TPSA) is 69.6 Å². The Morgan fingerprint density at radius 3 is 2.53 bits per heavy atom. The number of likely N-dealkylation sites (N-methyl/N-ethyl adjacent to an activating group) is 1. The molecule has 0 heterocycles. The number of aliphatic hydroxyl groups is 1. The zero-order chi connectivity index (χ0) is 11.7. The van der Waals surface area contributed by atoms with Gasteiger partial charge >= 0.3 is 0 Å². The van der Waals surface area contributed by atoms with E-state index in [0.717, 1.165) is 0 Å². The Morgan fingerprint density at radius 1 is 1.47 bits per heavy atom. The van der Waals surface area contributed by atoms with Crippen LogP contribution in [0.5, 0.6) is 0 Å². The van der Waals surface area contributed by atoms with Crippen molar-refractivity contribution in [1.82, 2.24) is 10.2 Å². The predicted molar refractivity (Wildman–Crippen MR) is 57.2 cm³/mol. The number of rotatable bonds is 8. The summed E-state index contributed by atoms with van der Waals surface area (Å²) in [6, 6.07) is 0. The molecule has 0 radical (unpaired) electrons. The molecular weight excluding hydrogens is 196 g/mol. The van der Waals surface area contributed by atoms with Gasteiger partial charge in [0.05, 0.1) is 0 Å². The first-order valence-corrected chi connectivity index (χ1v) is 5.31. The minimum Gasteiger partial charge on any atom is -0.383 e. The second kappa shape index (κ2) is 8.23. The zero-order valence-electron chi connectivity index (χ0n) is 9.40. The highest BCUT2D eigenvalue weighted by molar-refractivity contribution is 5.80. The molecule has 0 saturated carbocycles. The van der Waals surface area contributed by atoms with E-state index >= 15 is 0 Å². The predicted octanol–water partition coefficient (Wildman–Crippen LogP) is -0.258. The highest BCUT2D eigenvalue weighted by atomic mass is 16.3. The van der Waals surface area contributed by atoms with E-state index in [0.29, 0.717) is 38.9 Å². The van der Waals surface area contributed by atoms with E-state index in [4.69, 9.17) is 0 Å². The zero-order valence-corrected chi connectivity index (χ0v) is 9.40. The third-order valence-corrected chi connectivity index (χ3v) is 2.24. The Hall–Kier alpha value is -1.10. The summed E-state index contributed by atoms with van der Waals surface area (Å²) in [4.78, 5) is 23.1. The van der Waals surface area contributed by atoms with Crippen LogP contribution in [0.1, 0.15) is 26.7 Å². The Bertz CT molecular complexity index is 193. The second-order valence-electron chi connectivity index (χ2n) is 3.24. The number of carbonyl (C=O) groups is 2. The average molecular weight is 216 g/mol. The van der Waals surface area contributed by atoms with Gasteiger partial charge in [0.2, 0.25) is 6.41 Å². The summed E-state index contributed by atoms with van der Waals surface area (Å²) in [6.45, 7) is 5.47. The van der Waals surface area contributed by atoms with Crippen LogP contribution in [0.15, 0.2) is 0 Å². The summed E-state index contributed by atoms with van der Waals surface area (Å²) in [7, 11) is 0. The van der Waals surface area contributed by atoms with Gasteiger partial charge in [0.25, 0.3) is 5.91 Å². The second-order valence-corrected chi connectivity index (χ2v) is 3.24. The molecule has 0 fully saturated rings. The van der Waals surface area contributed by atoms with Crippen LogP contribution in [-0.4, -0.2) is 48.1 Å². The molecule has 0 aromatic carbocycles. The Morgan fingerprint density at radius 2 is 2.07 bits per heavy atom. The number of nitrogens with one attached hydrogen (secondary N) is 1. The molecule has 5 nitrogen and oxygen atoms in total. The van der Waals surface area contributed by atoms with Crippen LogP contribution in [0.4, 0.5) is 0 Å². The van der Waals surface area contributed by atoms with Gasteiger partial charge in [0.1, 0.15) is 6.10 Å². The molecule has 5 heteroatoms. The lowest BCUT2D eigenvalue weighted by molar-refractivity contribution is -0.140. The number of nitrogens with zero attached hydrogens (tertiary/aromatic N) is 1. The number of hydrogen-bond acceptors (Lipinski definition) is 3. The quantitative estimate of drug-likeness (QED) is 0.434. The average Bonchev–Trinajstić information content (AvgIpc) is 2.25. The molecule has 1 atom stereocenters. The normalized spacial score (nSPS) is 11.9. The molecule has 88 valence electrons. The molecule has 0 saturated heterocycles. The third-order valence-electron chi connectivity index (χ3n) is 2.24. The Kier molecular flexibility index (Phi) is 7.62. The van der Waals surface area contributed by atoms with Gasteiger partial charge in [-0.15, -0.1) is 0 Å². The highest BCUT2D eigenvalue weighted by Crippen LogP contribution is 2.01. The number of hydrogen-bond donors (Lipinski definition) is 2. The van der Waals surface area contributed by atoms with Gasteiger partial charge < -0.3 is 15.3 Å². The van der Waals surface area contributed by atoms with Gasteiger partial charge in [-0.1, -0.05) is 0 Å². The van der Waals surface area contributed by atoms with Crippen molar-refractivity contribution in [2.45, 2.75) is 32.8 Å². The lowest BCUT2D eigenvalue weighted by atomic mass is 10.1. The first-order chi connectivity index (χ1) is 7.17. The summed E-state index contributed by atoms with van der Waals surface area (Å²) in [6.07, 6.45) is 0.653. The fourth-order valence-corrected chi connectivity index (χ4v) is 1.33. The van der Waals surface area contributed by atoms with E-state index in [1.807, 2.05) is 13.8 Å².